The molecule has 0 bridgehead atoms. The number of piperazine rings is 1. The van der Waals surface area contributed by atoms with Crippen LogP contribution in [0.3, 0.4) is 0 Å². The Balaban J connectivity index is 2.79. The zero-order valence-electron chi connectivity index (χ0n) is 15.8. The molecule has 0 amide bonds. The summed E-state index contributed by atoms with van der Waals surface area (Å²) in [4.78, 5) is 2.69. The SMILES string of the molecule is COC(C)(C)CCN1CC(C(C)(C)C)NCC1C(C)(C)C. The molecule has 1 saturated heterocycles. The van der Waals surface area contributed by atoms with Gasteiger partial charge in [0, 0.05) is 38.8 Å². The Hall–Kier alpha value is -0.120. The lowest BCUT2D eigenvalue weighted by Crippen LogP contribution is -2.63. The molecule has 1 fully saturated rings. The molecule has 21 heavy (non-hydrogen) atoms. The second-order valence-electron chi connectivity index (χ2n) is 9.42. The number of hydrogen-bond donors (Lipinski definition) is 1. The predicted molar refractivity (Wildman–Crippen MR) is 91.8 cm³/mol. The number of rotatable bonds is 4. The molecule has 126 valence electrons. The number of nitrogens with one attached hydrogen (secondary N) is 1. The van der Waals surface area contributed by atoms with Crippen LogP contribution in [0.25, 0.3) is 0 Å². The molecule has 0 aromatic rings. The van der Waals surface area contributed by atoms with Gasteiger partial charge in [0.1, 0.15) is 0 Å². The van der Waals surface area contributed by atoms with E-state index in [2.05, 4.69) is 65.6 Å². The molecule has 1 rings (SSSR count). The molecule has 2 atom stereocenters. The van der Waals surface area contributed by atoms with Gasteiger partial charge in [0.15, 0.2) is 0 Å². The molecule has 0 aromatic heterocycles. The summed E-state index contributed by atoms with van der Waals surface area (Å²) in [7, 11) is 1.82. The Kier molecular flexibility index (Phi) is 5.91. The van der Waals surface area contributed by atoms with Crippen LogP contribution >= 0.6 is 0 Å². The quantitative estimate of drug-likeness (QED) is 0.859. The average Bonchev–Trinajstić information content (AvgIpc) is 2.34. The van der Waals surface area contributed by atoms with Crippen molar-refractivity contribution in [1.29, 1.82) is 0 Å². The minimum Gasteiger partial charge on any atom is -0.379 e. The molecule has 1 N–H and O–H groups in total. The lowest BCUT2D eigenvalue weighted by Gasteiger charge is -2.50. The van der Waals surface area contributed by atoms with Gasteiger partial charge >= 0.3 is 0 Å². The largest absolute Gasteiger partial charge is 0.379 e. The molecule has 1 heterocycles. The fourth-order valence-electron chi connectivity index (χ4n) is 3.01. The number of hydrogen-bond acceptors (Lipinski definition) is 3. The summed E-state index contributed by atoms with van der Waals surface area (Å²) in [5.41, 5.74) is 0.565. The molecule has 0 spiro atoms. The third-order valence-corrected chi connectivity index (χ3v) is 5.01. The summed E-state index contributed by atoms with van der Waals surface area (Å²) in [5, 5.41) is 3.78. The molecule has 0 aromatic carbocycles. The third-order valence-electron chi connectivity index (χ3n) is 5.01. The normalized spacial score (nSPS) is 26.1. The fourth-order valence-corrected chi connectivity index (χ4v) is 3.01. The van der Waals surface area contributed by atoms with Crippen LogP contribution in [0.5, 0.6) is 0 Å². The van der Waals surface area contributed by atoms with E-state index in [9.17, 15) is 0 Å². The van der Waals surface area contributed by atoms with Gasteiger partial charge in [-0.25, -0.2) is 0 Å². The molecule has 2 unspecified atom stereocenters. The topological polar surface area (TPSA) is 24.5 Å². The van der Waals surface area contributed by atoms with Gasteiger partial charge in [0.05, 0.1) is 5.60 Å². The van der Waals surface area contributed by atoms with Crippen LogP contribution in [0.1, 0.15) is 61.8 Å². The lowest BCUT2D eigenvalue weighted by molar-refractivity contribution is -0.0178. The van der Waals surface area contributed by atoms with E-state index in [0.717, 1.165) is 26.1 Å². The standard InChI is InChI=1S/C18H38N2O/c1-16(2,3)14-13-20(11-10-18(7,8)21-9)15(12-19-14)17(4,5)6/h14-15,19H,10-13H2,1-9H3. The van der Waals surface area contributed by atoms with Crippen molar-refractivity contribution in [2.75, 3.05) is 26.7 Å². The average molecular weight is 299 g/mol. The monoisotopic (exact) mass is 298 g/mol. The van der Waals surface area contributed by atoms with Gasteiger partial charge < -0.3 is 10.1 Å². The van der Waals surface area contributed by atoms with Crippen molar-refractivity contribution in [2.45, 2.75) is 79.5 Å². The summed E-state index contributed by atoms with van der Waals surface area (Å²) in [6, 6.07) is 1.14. The van der Waals surface area contributed by atoms with Crippen LogP contribution in [-0.4, -0.2) is 49.3 Å². The summed E-state index contributed by atoms with van der Waals surface area (Å²) < 4.78 is 5.60. The molecule has 0 saturated carbocycles. The highest BCUT2D eigenvalue weighted by Gasteiger charge is 2.39. The van der Waals surface area contributed by atoms with Crippen molar-refractivity contribution in [3.63, 3.8) is 0 Å². The lowest BCUT2D eigenvalue weighted by atomic mass is 9.79. The Labute approximate surface area is 132 Å². The first-order valence-corrected chi connectivity index (χ1v) is 8.39. The summed E-state index contributed by atoms with van der Waals surface area (Å²) in [5.74, 6) is 0. The highest BCUT2D eigenvalue weighted by molar-refractivity contribution is 4.96. The smallest absolute Gasteiger partial charge is 0.0634 e. The van der Waals surface area contributed by atoms with Gasteiger partial charge in [-0.05, 0) is 31.1 Å². The van der Waals surface area contributed by atoms with E-state index in [1.165, 1.54) is 0 Å². The van der Waals surface area contributed by atoms with Crippen molar-refractivity contribution in [1.82, 2.24) is 10.2 Å². The zero-order valence-corrected chi connectivity index (χ0v) is 15.8. The van der Waals surface area contributed by atoms with Crippen molar-refractivity contribution in [2.24, 2.45) is 10.8 Å². The minimum absolute atomic E-state index is 0.0372. The predicted octanol–water partition coefficient (Wildman–Crippen LogP) is 3.54. The molecule has 1 aliphatic heterocycles. The van der Waals surface area contributed by atoms with E-state index in [4.69, 9.17) is 4.74 Å². The van der Waals surface area contributed by atoms with Gasteiger partial charge in [-0.3, -0.25) is 4.90 Å². The second kappa shape index (κ2) is 6.55. The number of nitrogens with zero attached hydrogens (tertiary/aromatic N) is 1. The highest BCUT2D eigenvalue weighted by Crippen LogP contribution is 2.31. The third kappa shape index (κ3) is 5.54. The molecule has 1 aliphatic rings. The minimum atomic E-state index is -0.0372. The maximum absolute atomic E-state index is 5.60. The Morgan fingerprint density at radius 2 is 1.57 bits per heavy atom. The van der Waals surface area contributed by atoms with Crippen molar-refractivity contribution in [3.05, 3.63) is 0 Å². The molecule has 3 nitrogen and oxygen atoms in total. The van der Waals surface area contributed by atoms with Crippen molar-refractivity contribution < 1.29 is 4.74 Å². The Bertz CT molecular complexity index is 325. The van der Waals surface area contributed by atoms with Crippen LogP contribution < -0.4 is 5.32 Å². The Morgan fingerprint density at radius 1 is 1.00 bits per heavy atom. The molecule has 3 heteroatoms. The molecular formula is C18H38N2O. The highest BCUT2D eigenvalue weighted by atomic mass is 16.5. The van der Waals surface area contributed by atoms with E-state index in [1.54, 1.807) is 0 Å². The van der Waals surface area contributed by atoms with Crippen molar-refractivity contribution >= 4 is 0 Å². The van der Waals surface area contributed by atoms with E-state index in [-0.39, 0.29) is 5.60 Å². The van der Waals surface area contributed by atoms with Gasteiger partial charge in [-0.15, -0.1) is 0 Å². The van der Waals surface area contributed by atoms with Gasteiger partial charge in [-0.2, -0.15) is 0 Å². The summed E-state index contributed by atoms with van der Waals surface area (Å²) in [6.45, 7) is 21.7. The van der Waals surface area contributed by atoms with E-state index < -0.39 is 0 Å². The zero-order chi connectivity index (χ0) is 16.5. The van der Waals surface area contributed by atoms with Crippen molar-refractivity contribution in [3.8, 4) is 0 Å². The van der Waals surface area contributed by atoms with Crippen LogP contribution in [0, 0.1) is 10.8 Å². The van der Waals surface area contributed by atoms with Crippen LogP contribution in [0.4, 0.5) is 0 Å². The maximum Gasteiger partial charge on any atom is 0.0634 e. The summed E-state index contributed by atoms with van der Waals surface area (Å²) >= 11 is 0. The van der Waals surface area contributed by atoms with Gasteiger partial charge in [0.25, 0.3) is 0 Å². The molecule has 0 aliphatic carbocycles. The first kappa shape index (κ1) is 18.9. The molecule has 0 radical (unpaired) electrons. The number of methoxy groups -OCH3 is 1. The molecular weight excluding hydrogens is 260 g/mol. The fraction of sp³-hybridized carbons (Fsp3) is 1.00. The van der Waals surface area contributed by atoms with E-state index >= 15 is 0 Å². The summed E-state index contributed by atoms with van der Waals surface area (Å²) in [6.07, 6.45) is 1.08. The maximum atomic E-state index is 5.60. The van der Waals surface area contributed by atoms with Crippen LogP contribution in [-0.2, 0) is 4.74 Å². The van der Waals surface area contributed by atoms with Crippen LogP contribution in [0.2, 0.25) is 0 Å². The van der Waals surface area contributed by atoms with Crippen LogP contribution in [0.15, 0.2) is 0 Å². The van der Waals surface area contributed by atoms with E-state index in [1.807, 2.05) is 7.11 Å². The first-order chi connectivity index (χ1) is 9.37. The van der Waals surface area contributed by atoms with Gasteiger partial charge in [-0.1, -0.05) is 41.5 Å². The van der Waals surface area contributed by atoms with Gasteiger partial charge in [0.2, 0.25) is 0 Å². The number of ether oxygens (including phenoxy) is 1. The first-order valence-electron chi connectivity index (χ1n) is 8.39. The Morgan fingerprint density at radius 3 is 2.00 bits per heavy atom. The second-order valence-corrected chi connectivity index (χ2v) is 9.42. The van der Waals surface area contributed by atoms with E-state index in [0.29, 0.717) is 22.9 Å².